The molecular formula is C12H27NO2. The highest BCUT2D eigenvalue weighted by Gasteiger charge is 2.19. The van der Waals surface area contributed by atoms with Gasteiger partial charge in [0.15, 0.2) is 0 Å². The molecule has 0 amide bonds. The Hall–Kier alpha value is -0.120. The van der Waals surface area contributed by atoms with E-state index in [-0.39, 0.29) is 11.5 Å². The van der Waals surface area contributed by atoms with Gasteiger partial charge in [0.1, 0.15) is 0 Å². The van der Waals surface area contributed by atoms with Crippen molar-refractivity contribution in [2.24, 2.45) is 17.1 Å². The topological polar surface area (TPSA) is 44.5 Å². The van der Waals surface area contributed by atoms with Crippen LogP contribution in [0.2, 0.25) is 0 Å². The molecule has 0 heterocycles. The van der Waals surface area contributed by atoms with E-state index in [0.717, 1.165) is 19.8 Å². The summed E-state index contributed by atoms with van der Waals surface area (Å²) in [4.78, 5) is 0. The molecule has 0 aromatic heterocycles. The second-order valence-electron chi connectivity index (χ2n) is 5.38. The Morgan fingerprint density at radius 2 is 1.73 bits per heavy atom. The molecule has 0 rings (SSSR count). The highest BCUT2D eigenvalue weighted by molar-refractivity contribution is 4.67. The van der Waals surface area contributed by atoms with Crippen molar-refractivity contribution in [3.05, 3.63) is 0 Å². The van der Waals surface area contributed by atoms with Gasteiger partial charge in [-0.2, -0.15) is 0 Å². The van der Waals surface area contributed by atoms with Gasteiger partial charge in [0.25, 0.3) is 0 Å². The lowest BCUT2D eigenvalue weighted by atomic mass is 9.96. The third kappa shape index (κ3) is 8.85. The Morgan fingerprint density at radius 3 is 2.20 bits per heavy atom. The first-order chi connectivity index (χ1) is 6.87. The summed E-state index contributed by atoms with van der Waals surface area (Å²) in [5, 5.41) is 0. The Kier molecular flexibility index (Phi) is 7.14. The van der Waals surface area contributed by atoms with Gasteiger partial charge in [-0.3, -0.25) is 0 Å². The lowest BCUT2D eigenvalue weighted by molar-refractivity contribution is -0.0292. The zero-order valence-electron chi connectivity index (χ0n) is 10.9. The van der Waals surface area contributed by atoms with Crippen molar-refractivity contribution in [3.63, 3.8) is 0 Å². The lowest BCUT2D eigenvalue weighted by Crippen LogP contribution is -2.29. The minimum absolute atomic E-state index is 0.0819. The van der Waals surface area contributed by atoms with E-state index in [0.29, 0.717) is 12.5 Å². The number of ether oxygens (including phenoxy) is 2. The average molecular weight is 217 g/mol. The van der Waals surface area contributed by atoms with Crippen LogP contribution in [0, 0.1) is 11.3 Å². The molecule has 0 radical (unpaired) electrons. The van der Waals surface area contributed by atoms with Crippen LogP contribution in [0.3, 0.4) is 0 Å². The van der Waals surface area contributed by atoms with Gasteiger partial charge in [0, 0.05) is 5.41 Å². The summed E-state index contributed by atoms with van der Waals surface area (Å²) >= 11 is 0. The standard InChI is InChI=1S/C12H27NO2/c1-10(2)15-9-12(4,5)8-14-7-11(3)6-13/h10-11H,6-9,13H2,1-5H3. The fraction of sp³-hybridized carbons (Fsp3) is 1.00. The van der Waals surface area contributed by atoms with E-state index in [1.165, 1.54) is 0 Å². The smallest absolute Gasteiger partial charge is 0.0542 e. The first kappa shape index (κ1) is 14.9. The fourth-order valence-corrected chi connectivity index (χ4v) is 1.04. The molecule has 0 fully saturated rings. The van der Waals surface area contributed by atoms with Gasteiger partial charge in [-0.15, -0.1) is 0 Å². The van der Waals surface area contributed by atoms with Crippen LogP contribution in [0.1, 0.15) is 34.6 Å². The molecule has 3 nitrogen and oxygen atoms in total. The molecule has 1 unspecified atom stereocenters. The molecule has 0 aromatic carbocycles. The van der Waals surface area contributed by atoms with Gasteiger partial charge in [0.05, 0.1) is 25.9 Å². The van der Waals surface area contributed by atoms with Crippen molar-refractivity contribution in [1.29, 1.82) is 0 Å². The molecule has 0 saturated heterocycles. The number of nitrogens with two attached hydrogens (primary N) is 1. The van der Waals surface area contributed by atoms with Crippen LogP contribution in [0.15, 0.2) is 0 Å². The first-order valence-electron chi connectivity index (χ1n) is 5.77. The molecule has 0 aromatic rings. The molecule has 2 N–H and O–H groups in total. The molecular weight excluding hydrogens is 190 g/mol. The van der Waals surface area contributed by atoms with E-state index in [1.54, 1.807) is 0 Å². The summed E-state index contributed by atoms with van der Waals surface area (Å²) in [6.45, 7) is 13.4. The van der Waals surface area contributed by atoms with Crippen LogP contribution in [0.4, 0.5) is 0 Å². The van der Waals surface area contributed by atoms with Gasteiger partial charge in [-0.25, -0.2) is 0 Å². The number of hydrogen-bond acceptors (Lipinski definition) is 3. The second kappa shape index (κ2) is 7.20. The van der Waals surface area contributed by atoms with Crippen molar-refractivity contribution >= 4 is 0 Å². The predicted octanol–water partition coefficient (Wildman–Crippen LogP) is 2.05. The normalized spacial score (nSPS) is 14.6. The lowest BCUT2D eigenvalue weighted by Gasteiger charge is -2.26. The van der Waals surface area contributed by atoms with Crippen molar-refractivity contribution in [1.82, 2.24) is 0 Å². The van der Waals surface area contributed by atoms with E-state index in [9.17, 15) is 0 Å². The van der Waals surface area contributed by atoms with E-state index in [2.05, 4.69) is 20.8 Å². The van der Waals surface area contributed by atoms with E-state index in [1.807, 2.05) is 13.8 Å². The summed E-state index contributed by atoms with van der Waals surface area (Å²) < 4.78 is 11.2. The van der Waals surface area contributed by atoms with Crippen molar-refractivity contribution in [2.45, 2.75) is 40.7 Å². The summed E-state index contributed by atoms with van der Waals surface area (Å²) in [5.41, 5.74) is 5.60. The molecule has 0 bridgehead atoms. The highest BCUT2D eigenvalue weighted by atomic mass is 16.5. The second-order valence-corrected chi connectivity index (χ2v) is 5.38. The third-order valence-corrected chi connectivity index (χ3v) is 2.10. The van der Waals surface area contributed by atoms with E-state index in [4.69, 9.17) is 15.2 Å². The monoisotopic (exact) mass is 217 g/mol. The van der Waals surface area contributed by atoms with Crippen molar-refractivity contribution in [3.8, 4) is 0 Å². The quantitative estimate of drug-likeness (QED) is 0.677. The molecule has 0 saturated carbocycles. The molecule has 1 atom stereocenters. The highest BCUT2D eigenvalue weighted by Crippen LogP contribution is 2.17. The van der Waals surface area contributed by atoms with Gasteiger partial charge < -0.3 is 15.2 Å². The van der Waals surface area contributed by atoms with E-state index >= 15 is 0 Å². The minimum Gasteiger partial charge on any atom is -0.380 e. The van der Waals surface area contributed by atoms with Gasteiger partial charge in [-0.05, 0) is 26.3 Å². The zero-order chi connectivity index (χ0) is 11.9. The van der Waals surface area contributed by atoms with Gasteiger partial charge >= 0.3 is 0 Å². The maximum Gasteiger partial charge on any atom is 0.0542 e. The number of hydrogen-bond donors (Lipinski definition) is 1. The molecule has 92 valence electrons. The van der Waals surface area contributed by atoms with Crippen molar-refractivity contribution < 1.29 is 9.47 Å². The summed E-state index contributed by atoms with van der Waals surface area (Å²) in [7, 11) is 0. The Morgan fingerprint density at radius 1 is 1.13 bits per heavy atom. The van der Waals surface area contributed by atoms with Crippen LogP contribution in [-0.4, -0.2) is 32.5 Å². The molecule has 0 aliphatic rings. The molecule has 0 aliphatic carbocycles. The van der Waals surface area contributed by atoms with Crippen LogP contribution in [0.5, 0.6) is 0 Å². The van der Waals surface area contributed by atoms with Crippen LogP contribution in [-0.2, 0) is 9.47 Å². The third-order valence-electron chi connectivity index (χ3n) is 2.10. The fourth-order valence-electron chi connectivity index (χ4n) is 1.04. The van der Waals surface area contributed by atoms with Gasteiger partial charge in [-0.1, -0.05) is 20.8 Å². The predicted molar refractivity (Wildman–Crippen MR) is 63.9 cm³/mol. The largest absolute Gasteiger partial charge is 0.380 e. The SMILES string of the molecule is CC(CN)COCC(C)(C)COC(C)C. The minimum atomic E-state index is 0.0819. The summed E-state index contributed by atoms with van der Waals surface area (Å²) in [6.07, 6.45) is 0.284. The van der Waals surface area contributed by atoms with Gasteiger partial charge in [0.2, 0.25) is 0 Å². The maximum absolute atomic E-state index is 5.62. The van der Waals surface area contributed by atoms with E-state index < -0.39 is 0 Å². The van der Waals surface area contributed by atoms with Crippen LogP contribution >= 0.6 is 0 Å². The Bertz CT molecular complexity index is 158. The molecule has 15 heavy (non-hydrogen) atoms. The average Bonchev–Trinajstić information content (AvgIpc) is 2.14. The first-order valence-corrected chi connectivity index (χ1v) is 5.77. The van der Waals surface area contributed by atoms with Crippen LogP contribution in [0.25, 0.3) is 0 Å². The summed E-state index contributed by atoms with van der Waals surface area (Å²) in [6, 6.07) is 0. The number of rotatable bonds is 8. The Balaban J connectivity index is 3.64. The molecule has 3 heteroatoms. The molecule has 0 spiro atoms. The summed E-state index contributed by atoms with van der Waals surface area (Å²) in [5.74, 6) is 0.437. The Labute approximate surface area is 94.3 Å². The van der Waals surface area contributed by atoms with Crippen molar-refractivity contribution in [2.75, 3.05) is 26.4 Å². The molecule has 0 aliphatic heterocycles. The zero-order valence-corrected chi connectivity index (χ0v) is 10.9. The van der Waals surface area contributed by atoms with Crippen LogP contribution < -0.4 is 5.73 Å². The maximum atomic E-state index is 5.62.